The Labute approximate surface area is 132 Å². The standard InChI is InChI=1S/C16H16N2O5/c19-12-7-18(16(20)15-6-17-8-21-15)4-3-11(12)10-1-2-13-14(5-10)23-9-22-13/h1-2,5-6,8,11-12,19H,3-4,7,9H2/t11-,12+/m0/s1. The lowest BCUT2D eigenvalue weighted by Gasteiger charge is -2.35. The normalized spacial score (nSPS) is 23.1. The number of aliphatic hydroxyl groups excluding tert-OH is 1. The highest BCUT2D eigenvalue weighted by Gasteiger charge is 2.33. The summed E-state index contributed by atoms with van der Waals surface area (Å²) < 4.78 is 15.7. The van der Waals surface area contributed by atoms with Crippen LogP contribution in [-0.2, 0) is 0 Å². The minimum Gasteiger partial charge on any atom is -0.454 e. The van der Waals surface area contributed by atoms with Crippen LogP contribution in [0.4, 0.5) is 0 Å². The SMILES string of the molecule is O=C(c1cnco1)N1CC[C@@H](c2ccc3c(c2)OCO3)[C@H](O)C1. The van der Waals surface area contributed by atoms with E-state index in [-0.39, 0.29) is 30.9 Å². The first kappa shape index (κ1) is 14.1. The van der Waals surface area contributed by atoms with Gasteiger partial charge in [-0.3, -0.25) is 4.79 Å². The lowest BCUT2D eigenvalue weighted by atomic mass is 9.87. The zero-order valence-electron chi connectivity index (χ0n) is 12.3. The van der Waals surface area contributed by atoms with Gasteiger partial charge in [-0.25, -0.2) is 4.98 Å². The second-order valence-electron chi connectivity index (χ2n) is 5.69. The lowest BCUT2D eigenvalue weighted by Crippen LogP contribution is -2.45. The Morgan fingerprint density at radius 3 is 2.96 bits per heavy atom. The van der Waals surface area contributed by atoms with E-state index in [1.54, 1.807) is 4.90 Å². The van der Waals surface area contributed by atoms with E-state index in [2.05, 4.69) is 4.98 Å². The molecule has 1 fully saturated rings. The van der Waals surface area contributed by atoms with Gasteiger partial charge in [0.1, 0.15) is 0 Å². The maximum Gasteiger partial charge on any atom is 0.291 e. The number of oxazole rings is 1. The molecular weight excluding hydrogens is 300 g/mol. The van der Waals surface area contributed by atoms with E-state index in [1.807, 2.05) is 18.2 Å². The number of carbonyl (C=O) groups is 1. The molecule has 1 aromatic heterocycles. The fraction of sp³-hybridized carbons (Fsp3) is 0.375. The molecule has 7 nitrogen and oxygen atoms in total. The van der Waals surface area contributed by atoms with Gasteiger partial charge in [0, 0.05) is 19.0 Å². The first-order valence-electron chi connectivity index (χ1n) is 7.48. The van der Waals surface area contributed by atoms with Gasteiger partial charge in [-0.05, 0) is 24.1 Å². The number of ether oxygens (including phenoxy) is 2. The topological polar surface area (TPSA) is 85.0 Å². The Hall–Kier alpha value is -2.54. The van der Waals surface area contributed by atoms with Crippen molar-refractivity contribution in [3.63, 3.8) is 0 Å². The van der Waals surface area contributed by atoms with Crippen LogP contribution in [0.3, 0.4) is 0 Å². The molecular formula is C16H16N2O5. The number of aromatic nitrogens is 1. The van der Waals surface area contributed by atoms with Crippen LogP contribution in [0.15, 0.2) is 35.2 Å². The molecule has 1 amide bonds. The van der Waals surface area contributed by atoms with E-state index in [0.717, 1.165) is 11.3 Å². The Morgan fingerprint density at radius 1 is 1.30 bits per heavy atom. The van der Waals surface area contributed by atoms with Crippen LogP contribution in [0.25, 0.3) is 0 Å². The van der Waals surface area contributed by atoms with Crippen LogP contribution in [0.2, 0.25) is 0 Å². The number of aliphatic hydroxyl groups is 1. The van der Waals surface area contributed by atoms with Gasteiger partial charge in [0.25, 0.3) is 5.91 Å². The maximum atomic E-state index is 12.2. The Morgan fingerprint density at radius 2 is 2.17 bits per heavy atom. The Balaban J connectivity index is 1.48. The van der Waals surface area contributed by atoms with Gasteiger partial charge in [-0.15, -0.1) is 0 Å². The fourth-order valence-electron chi connectivity index (χ4n) is 3.13. The van der Waals surface area contributed by atoms with Crippen LogP contribution < -0.4 is 9.47 Å². The van der Waals surface area contributed by atoms with Crippen molar-refractivity contribution in [2.24, 2.45) is 0 Å². The molecule has 1 N–H and O–H groups in total. The second kappa shape index (κ2) is 5.58. The molecule has 4 rings (SSSR count). The summed E-state index contributed by atoms with van der Waals surface area (Å²) in [6.07, 6.45) is 2.64. The average Bonchev–Trinajstić information content (AvgIpc) is 3.24. The third-order valence-electron chi connectivity index (χ3n) is 4.34. The molecule has 2 aliphatic heterocycles. The molecule has 2 aliphatic rings. The van der Waals surface area contributed by atoms with E-state index in [4.69, 9.17) is 13.9 Å². The van der Waals surface area contributed by atoms with E-state index < -0.39 is 6.10 Å². The average molecular weight is 316 g/mol. The largest absolute Gasteiger partial charge is 0.454 e. The minimum absolute atomic E-state index is 0.0386. The highest BCUT2D eigenvalue weighted by Crippen LogP contribution is 2.37. The molecule has 0 spiro atoms. The number of rotatable bonds is 2. The maximum absolute atomic E-state index is 12.2. The lowest BCUT2D eigenvalue weighted by molar-refractivity contribution is 0.0360. The quantitative estimate of drug-likeness (QED) is 0.901. The summed E-state index contributed by atoms with van der Waals surface area (Å²) in [6.45, 7) is 1.04. The second-order valence-corrected chi connectivity index (χ2v) is 5.69. The van der Waals surface area contributed by atoms with Gasteiger partial charge in [0.2, 0.25) is 12.6 Å². The highest BCUT2D eigenvalue weighted by molar-refractivity contribution is 5.91. The molecule has 0 radical (unpaired) electrons. The van der Waals surface area contributed by atoms with Gasteiger partial charge in [0.05, 0.1) is 12.3 Å². The summed E-state index contributed by atoms with van der Waals surface area (Å²) in [5, 5.41) is 10.5. The Bertz CT molecular complexity index is 715. The smallest absolute Gasteiger partial charge is 0.291 e. The number of β-amino-alcohol motifs (C(OH)–C–C–N with tert-alkyl or cyclic N) is 1. The van der Waals surface area contributed by atoms with Crippen molar-refractivity contribution in [1.82, 2.24) is 9.88 Å². The minimum atomic E-state index is -0.643. The van der Waals surface area contributed by atoms with Crippen molar-refractivity contribution in [2.75, 3.05) is 19.9 Å². The van der Waals surface area contributed by atoms with Crippen LogP contribution in [0.1, 0.15) is 28.5 Å². The van der Waals surface area contributed by atoms with Gasteiger partial charge in [-0.1, -0.05) is 6.07 Å². The number of hydrogen-bond donors (Lipinski definition) is 1. The van der Waals surface area contributed by atoms with Gasteiger partial charge >= 0.3 is 0 Å². The molecule has 2 aromatic rings. The molecule has 23 heavy (non-hydrogen) atoms. The summed E-state index contributed by atoms with van der Waals surface area (Å²) in [5.74, 6) is 1.34. The molecule has 1 saturated heterocycles. The number of benzene rings is 1. The van der Waals surface area contributed by atoms with Crippen molar-refractivity contribution in [1.29, 1.82) is 0 Å². The third kappa shape index (κ3) is 2.53. The summed E-state index contributed by atoms with van der Waals surface area (Å²) >= 11 is 0. The summed E-state index contributed by atoms with van der Waals surface area (Å²) in [5.41, 5.74) is 0.994. The molecule has 0 aliphatic carbocycles. The third-order valence-corrected chi connectivity index (χ3v) is 4.34. The molecule has 7 heteroatoms. The molecule has 0 saturated carbocycles. The molecule has 1 aromatic carbocycles. The van der Waals surface area contributed by atoms with Crippen molar-refractivity contribution >= 4 is 5.91 Å². The highest BCUT2D eigenvalue weighted by atomic mass is 16.7. The van der Waals surface area contributed by atoms with Crippen LogP contribution in [0, 0.1) is 0 Å². The molecule has 0 bridgehead atoms. The van der Waals surface area contributed by atoms with Crippen molar-refractivity contribution in [3.05, 3.63) is 42.1 Å². The van der Waals surface area contributed by atoms with Crippen molar-refractivity contribution in [2.45, 2.75) is 18.4 Å². The number of likely N-dealkylation sites (tertiary alicyclic amines) is 1. The Kier molecular flexibility index (Phi) is 3.42. The number of amides is 1. The van der Waals surface area contributed by atoms with Crippen LogP contribution in [-0.4, -0.2) is 46.9 Å². The van der Waals surface area contributed by atoms with E-state index in [1.165, 1.54) is 12.6 Å². The number of nitrogens with zero attached hydrogens (tertiary/aromatic N) is 2. The summed E-state index contributed by atoms with van der Waals surface area (Å²) in [7, 11) is 0. The first-order chi connectivity index (χ1) is 11.2. The van der Waals surface area contributed by atoms with Crippen LogP contribution >= 0.6 is 0 Å². The number of hydrogen-bond acceptors (Lipinski definition) is 6. The van der Waals surface area contributed by atoms with Gasteiger partial charge in [-0.2, -0.15) is 0 Å². The van der Waals surface area contributed by atoms with E-state index in [9.17, 15) is 9.90 Å². The summed E-state index contributed by atoms with van der Waals surface area (Å²) in [6, 6.07) is 5.70. The first-order valence-corrected chi connectivity index (χ1v) is 7.48. The fourth-order valence-corrected chi connectivity index (χ4v) is 3.13. The summed E-state index contributed by atoms with van der Waals surface area (Å²) in [4.78, 5) is 17.6. The number of fused-ring (bicyclic) bond motifs is 1. The van der Waals surface area contributed by atoms with E-state index >= 15 is 0 Å². The predicted octanol–water partition coefficient (Wildman–Crippen LogP) is 1.39. The van der Waals surface area contributed by atoms with E-state index in [0.29, 0.717) is 18.7 Å². The number of carbonyl (C=O) groups excluding carboxylic acids is 1. The van der Waals surface area contributed by atoms with Crippen molar-refractivity contribution < 1.29 is 23.8 Å². The zero-order chi connectivity index (χ0) is 15.8. The number of piperidine rings is 1. The van der Waals surface area contributed by atoms with Gasteiger partial charge in [0.15, 0.2) is 17.9 Å². The molecule has 3 heterocycles. The van der Waals surface area contributed by atoms with Crippen molar-refractivity contribution in [3.8, 4) is 11.5 Å². The molecule has 0 unspecified atom stereocenters. The predicted molar refractivity (Wildman–Crippen MR) is 78.3 cm³/mol. The van der Waals surface area contributed by atoms with Gasteiger partial charge < -0.3 is 23.9 Å². The molecule has 2 atom stereocenters. The zero-order valence-corrected chi connectivity index (χ0v) is 12.3. The molecule has 120 valence electrons. The van der Waals surface area contributed by atoms with Crippen LogP contribution in [0.5, 0.6) is 11.5 Å². The monoisotopic (exact) mass is 316 g/mol.